The van der Waals surface area contributed by atoms with E-state index < -0.39 is 41.2 Å². The van der Waals surface area contributed by atoms with Crippen molar-refractivity contribution in [2.45, 2.75) is 32.3 Å². The Balaban J connectivity index is 1.74. The minimum absolute atomic E-state index is 0.260. The Hall–Kier alpha value is -3.49. The van der Waals surface area contributed by atoms with Crippen molar-refractivity contribution in [3.8, 4) is 22.8 Å². The van der Waals surface area contributed by atoms with Crippen molar-refractivity contribution in [1.29, 1.82) is 0 Å². The molecule has 174 valence electrons. The van der Waals surface area contributed by atoms with Gasteiger partial charge in [-0.05, 0) is 30.2 Å². The van der Waals surface area contributed by atoms with E-state index in [0.29, 0.717) is 29.7 Å². The van der Waals surface area contributed by atoms with Gasteiger partial charge in [-0.2, -0.15) is 8.78 Å². The van der Waals surface area contributed by atoms with Gasteiger partial charge in [0.15, 0.2) is 17.4 Å². The maximum atomic E-state index is 14.6. The summed E-state index contributed by atoms with van der Waals surface area (Å²) in [5.41, 5.74) is 1.73. The van der Waals surface area contributed by atoms with E-state index >= 15 is 0 Å². The molecule has 3 rings (SSSR count). The Morgan fingerprint density at radius 1 is 1.00 bits per heavy atom. The Labute approximate surface area is 186 Å². The molecule has 1 aromatic heterocycles. The lowest BCUT2D eigenvalue weighted by atomic mass is 10.1. The number of aromatic nitrogens is 1. The summed E-state index contributed by atoms with van der Waals surface area (Å²) in [5, 5.41) is 0. The normalized spacial score (nSPS) is 11.9. The molecule has 0 saturated heterocycles. The second-order valence-corrected chi connectivity index (χ2v) is 6.99. The van der Waals surface area contributed by atoms with Crippen molar-refractivity contribution in [1.82, 2.24) is 4.98 Å². The van der Waals surface area contributed by atoms with Crippen LogP contribution >= 0.6 is 0 Å². The van der Waals surface area contributed by atoms with E-state index in [0.717, 1.165) is 30.5 Å². The quantitative estimate of drug-likeness (QED) is 0.245. The predicted molar refractivity (Wildman–Crippen MR) is 110 cm³/mol. The van der Waals surface area contributed by atoms with E-state index in [1.807, 2.05) is 13.0 Å². The van der Waals surface area contributed by atoms with Crippen LogP contribution in [0.5, 0.6) is 11.5 Å². The molecular formula is C24H19F6NO2. The number of hydrogen-bond donors (Lipinski definition) is 0. The number of hydrogen-bond acceptors (Lipinski definition) is 3. The lowest BCUT2D eigenvalue weighted by molar-refractivity contribution is -0.185. The third-order valence-corrected chi connectivity index (χ3v) is 4.51. The Morgan fingerprint density at radius 2 is 1.67 bits per heavy atom. The number of ether oxygens (including phenoxy) is 2. The molecular weight excluding hydrogens is 448 g/mol. The number of benzene rings is 2. The van der Waals surface area contributed by atoms with E-state index in [2.05, 4.69) is 14.5 Å². The van der Waals surface area contributed by atoms with E-state index in [1.165, 1.54) is 12.1 Å². The van der Waals surface area contributed by atoms with Gasteiger partial charge >= 0.3 is 6.11 Å². The summed E-state index contributed by atoms with van der Waals surface area (Å²) >= 11 is 0. The van der Waals surface area contributed by atoms with Crippen LogP contribution in [0.1, 0.15) is 24.5 Å². The molecule has 0 unspecified atom stereocenters. The molecule has 33 heavy (non-hydrogen) atoms. The average molecular weight is 467 g/mol. The number of pyridine rings is 1. The SMILES string of the molecule is CCCc1ccc(-c2ccc(C(F)(F)Oc3cc(F)c(O/C=C/C(F)F)c(F)c3)cc2)nc1. The number of allylic oxidation sites excluding steroid dienone is 1. The van der Waals surface area contributed by atoms with Gasteiger partial charge in [-0.3, -0.25) is 4.98 Å². The largest absolute Gasteiger partial charge is 0.459 e. The summed E-state index contributed by atoms with van der Waals surface area (Å²) < 4.78 is 90.2. The molecule has 0 spiro atoms. The first kappa shape index (κ1) is 24.2. The van der Waals surface area contributed by atoms with E-state index in [9.17, 15) is 26.3 Å². The summed E-state index contributed by atoms with van der Waals surface area (Å²) in [6.07, 6.45) is -2.55. The summed E-state index contributed by atoms with van der Waals surface area (Å²) in [4.78, 5) is 4.33. The fraction of sp³-hybridized carbons (Fsp3) is 0.208. The van der Waals surface area contributed by atoms with Gasteiger partial charge in [0.25, 0.3) is 6.43 Å². The standard InChI is InChI=1S/C24H19F6NO2/c1-2-3-15-4-9-21(31-14-15)16-5-7-17(8-6-16)24(29,30)33-18-12-19(25)23(20(26)13-18)32-11-10-22(27)28/h4-14,22H,2-3H2,1H3/b11-10+. The molecule has 0 radical (unpaired) electrons. The highest BCUT2D eigenvalue weighted by atomic mass is 19.3. The van der Waals surface area contributed by atoms with Gasteiger partial charge in [0.05, 0.1) is 17.5 Å². The van der Waals surface area contributed by atoms with Gasteiger partial charge < -0.3 is 9.47 Å². The molecule has 0 aliphatic carbocycles. The third kappa shape index (κ3) is 6.27. The zero-order valence-corrected chi connectivity index (χ0v) is 17.4. The van der Waals surface area contributed by atoms with Crippen molar-refractivity contribution in [2.75, 3.05) is 0 Å². The van der Waals surface area contributed by atoms with Crippen molar-refractivity contribution in [3.63, 3.8) is 0 Å². The monoisotopic (exact) mass is 467 g/mol. The number of aryl methyl sites for hydroxylation is 1. The Bertz CT molecular complexity index is 1080. The van der Waals surface area contributed by atoms with Gasteiger partial charge in [-0.25, -0.2) is 17.6 Å². The van der Waals surface area contributed by atoms with Crippen LogP contribution in [-0.4, -0.2) is 11.4 Å². The predicted octanol–water partition coefficient (Wildman–Crippen LogP) is 7.27. The first-order chi connectivity index (χ1) is 15.7. The molecule has 0 N–H and O–H groups in total. The zero-order valence-electron chi connectivity index (χ0n) is 17.4. The number of rotatable bonds is 9. The minimum Gasteiger partial charge on any atom is -0.459 e. The maximum absolute atomic E-state index is 14.6. The maximum Gasteiger partial charge on any atom is 0.426 e. The molecule has 3 aromatic rings. The molecule has 3 nitrogen and oxygen atoms in total. The molecule has 0 aliphatic rings. The van der Waals surface area contributed by atoms with Gasteiger partial charge in [-0.15, -0.1) is 0 Å². The fourth-order valence-corrected chi connectivity index (χ4v) is 2.95. The highest BCUT2D eigenvalue weighted by Crippen LogP contribution is 2.35. The van der Waals surface area contributed by atoms with E-state index in [-0.39, 0.29) is 6.08 Å². The van der Waals surface area contributed by atoms with Gasteiger partial charge in [-0.1, -0.05) is 31.5 Å². The molecule has 0 amide bonds. The van der Waals surface area contributed by atoms with Gasteiger partial charge in [0, 0.05) is 30.0 Å². The lowest BCUT2D eigenvalue weighted by Crippen LogP contribution is -2.22. The van der Waals surface area contributed by atoms with Gasteiger partial charge in [0.2, 0.25) is 0 Å². The van der Waals surface area contributed by atoms with Crippen LogP contribution in [0.3, 0.4) is 0 Å². The Morgan fingerprint density at radius 3 is 2.21 bits per heavy atom. The highest BCUT2D eigenvalue weighted by Gasteiger charge is 2.35. The zero-order chi connectivity index (χ0) is 24.0. The average Bonchev–Trinajstić information content (AvgIpc) is 2.76. The second-order valence-electron chi connectivity index (χ2n) is 6.99. The summed E-state index contributed by atoms with van der Waals surface area (Å²) in [6.45, 7) is 2.05. The molecule has 0 fully saturated rings. The molecule has 0 atom stereocenters. The van der Waals surface area contributed by atoms with E-state index in [4.69, 9.17) is 0 Å². The van der Waals surface area contributed by atoms with Gasteiger partial charge in [0.1, 0.15) is 5.75 Å². The third-order valence-electron chi connectivity index (χ3n) is 4.51. The van der Waals surface area contributed by atoms with Crippen molar-refractivity contribution in [3.05, 3.63) is 89.8 Å². The topological polar surface area (TPSA) is 31.4 Å². The first-order valence-electron chi connectivity index (χ1n) is 9.92. The molecule has 2 aromatic carbocycles. The van der Waals surface area contributed by atoms with E-state index in [1.54, 1.807) is 12.3 Å². The van der Waals surface area contributed by atoms with Crippen LogP contribution in [-0.2, 0) is 12.5 Å². The van der Waals surface area contributed by atoms with Crippen LogP contribution in [0.15, 0.2) is 67.1 Å². The highest BCUT2D eigenvalue weighted by molar-refractivity contribution is 5.59. The summed E-state index contributed by atoms with van der Waals surface area (Å²) in [7, 11) is 0. The van der Waals surface area contributed by atoms with Crippen LogP contribution in [0.25, 0.3) is 11.3 Å². The van der Waals surface area contributed by atoms with Crippen molar-refractivity contribution in [2.24, 2.45) is 0 Å². The summed E-state index contributed by atoms with van der Waals surface area (Å²) in [5.74, 6) is -4.62. The molecule has 1 heterocycles. The Kier molecular flexibility index (Phi) is 7.63. The minimum atomic E-state index is -3.91. The number of nitrogens with zero attached hydrogens (tertiary/aromatic N) is 1. The molecule has 9 heteroatoms. The lowest BCUT2D eigenvalue weighted by Gasteiger charge is -2.19. The number of alkyl halides is 4. The van der Waals surface area contributed by atoms with Crippen LogP contribution in [0, 0.1) is 11.6 Å². The smallest absolute Gasteiger partial charge is 0.426 e. The molecule has 0 aliphatic heterocycles. The van der Waals surface area contributed by atoms with Crippen molar-refractivity contribution >= 4 is 0 Å². The van der Waals surface area contributed by atoms with Crippen LogP contribution < -0.4 is 9.47 Å². The first-order valence-corrected chi connectivity index (χ1v) is 9.92. The molecule has 0 bridgehead atoms. The second kappa shape index (κ2) is 10.4. The van der Waals surface area contributed by atoms with Crippen molar-refractivity contribution < 1.29 is 35.8 Å². The molecule has 0 saturated carbocycles. The fourth-order valence-electron chi connectivity index (χ4n) is 2.95. The number of halogens is 6. The summed E-state index contributed by atoms with van der Waals surface area (Å²) in [6, 6.07) is 9.76. The van der Waals surface area contributed by atoms with Crippen LogP contribution in [0.2, 0.25) is 0 Å². The van der Waals surface area contributed by atoms with Crippen LogP contribution in [0.4, 0.5) is 26.3 Å².